The number of ether oxygens (including phenoxy) is 1. The van der Waals surface area contributed by atoms with Crippen LogP contribution in [0.5, 0.6) is 5.88 Å². The Labute approximate surface area is 137 Å². The number of amides is 1. The Morgan fingerprint density at radius 2 is 2.39 bits per heavy atom. The van der Waals surface area contributed by atoms with Crippen molar-refractivity contribution in [2.24, 2.45) is 5.73 Å². The molecule has 1 saturated heterocycles. The molecule has 8 heteroatoms. The molecular formula is C15H26N6O2. The molecule has 1 amide bonds. The van der Waals surface area contributed by atoms with Gasteiger partial charge in [-0.2, -0.15) is 4.98 Å². The molecule has 0 aliphatic carbocycles. The third kappa shape index (κ3) is 6.37. The Balaban J connectivity index is 1.77. The maximum atomic E-state index is 10.9. The highest BCUT2D eigenvalue weighted by Crippen LogP contribution is 2.17. The number of hydrogen-bond donors (Lipinski definition) is 2. The number of anilines is 1. The molecule has 1 aliphatic rings. The van der Waals surface area contributed by atoms with E-state index in [-0.39, 0.29) is 18.6 Å². The van der Waals surface area contributed by atoms with E-state index in [9.17, 15) is 4.79 Å². The van der Waals surface area contributed by atoms with Gasteiger partial charge >= 0.3 is 0 Å². The van der Waals surface area contributed by atoms with Gasteiger partial charge in [0.1, 0.15) is 6.10 Å². The highest BCUT2D eigenvalue weighted by molar-refractivity contribution is 5.75. The van der Waals surface area contributed by atoms with Gasteiger partial charge in [-0.05, 0) is 33.5 Å². The number of nitrogens with zero attached hydrogens (tertiary/aromatic N) is 4. The summed E-state index contributed by atoms with van der Waals surface area (Å²) < 4.78 is 5.88. The van der Waals surface area contributed by atoms with Gasteiger partial charge in [0.15, 0.2) is 0 Å². The van der Waals surface area contributed by atoms with Crippen molar-refractivity contribution in [1.82, 2.24) is 19.8 Å². The largest absolute Gasteiger partial charge is 0.473 e. The Kier molecular flexibility index (Phi) is 6.54. The van der Waals surface area contributed by atoms with Gasteiger partial charge in [-0.3, -0.25) is 9.69 Å². The number of nitrogens with one attached hydrogen (secondary N) is 1. The molecular weight excluding hydrogens is 296 g/mol. The van der Waals surface area contributed by atoms with Crippen molar-refractivity contribution in [2.75, 3.05) is 52.1 Å². The number of carbonyl (C=O) groups is 1. The minimum Gasteiger partial charge on any atom is -0.473 e. The molecule has 0 spiro atoms. The molecule has 1 fully saturated rings. The summed E-state index contributed by atoms with van der Waals surface area (Å²) in [5.74, 6) is 0.825. The van der Waals surface area contributed by atoms with Crippen molar-refractivity contribution in [2.45, 2.75) is 18.9 Å². The number of hydrogen-bond acceptors (Lipinski definition) is 7. The first-order valence-corrected chi connectivity index (χ1v) is 7.92. The van der Waals surface area contributed by atoms with E-state index >= 15 is 0 Å². The van der Waals surface area contributed by atoms with Gasteiger partial charge in [-0.1, -0.05) is 0 Å². The van der Waals surface area contributed by atoms with Crippen LogP contribution < -0.4 is 15.8 Å². The molecule has 0 bridgehead atoms. The van der Waals surface area contributed by atoms with Gasteiger partial charge < -0.3 is 20.7 Å². The predicted molar refractivity (Wildman–Crippen MR) is 88.4 cm³/mol. The fraction of sp³-hybridized carbons (Fsp3) is 0.667. The Morgan fingerprint density at radius 3 is 3.13 bits per heavy atom. The van der Waals surface area contributed by atoms with Gasteiger partial charge in [0.2, 0.25) is 17.7 Å². The summed E-state index contributed by atoms with van der Waals surface area (Å²) in [6.07, 6.45) is 3.60. The third-order valence-electron chi connectivity index (χ3n) is 3.59. The lowest BCUT2D eigenvalue weighted by Crippen LogP contribution is -2.33. The fourth-order valence-electron chi connectivity index (χ4n) is 2.52. The zero-order valence-corrected chi connectivity index (χ0v) is 13.9. The smallest absolute Gasteiger partial charge is 0.231 e. The zero-order chi connectivity index (χ0) is 16.7. The summed E-state index contributed by atoms with van der Waals surface area (Å²) in [5.41, 5.74) is 5.21. The highest BCUT2D eigenvalue weighted by Gasteiger charge is 2.25. The topological polar surface area (TPSA) is 96.6 Å². The standard InChI is InChI=1S/C15H26N6O2/c1-20(2)8-3-6-17-15-18-7-4-14(19-15)23-12-5-9-21(10-12)11-13(16)22/h4,7,12H,3,5-6,8-11H2,1-2H3,(H2,16,22)(H,17,18,19). The summed E-state index contributed by atoms with van der Waals surface area (Å²) in [7, 11) is 4.10. The molecule has 1 aromatic rings. The lowest BCUT2D eigenvalue weighted by Gasteiger charge is -2.15. The predicted octanol–water partition coefficient (Wildman–Crippen LogP) is -0.221. The van der Waals surface area contributed by atoms with Gasteiger partial charge in [0.05, 0.1) is 6.54 Å². The monoisotopic (exact) mass is 322 g/mol. The zero-order valence-electron chi connectivity index (χ0n) is 13.9. The Hall–Kier alpha value is -1.93. The minimum atomic E-state index is -0.308. The number of likely N-dealkylation sites (tertiary alicyclic amines) is 1. The average Bonchev–Trinajstić information content (AvgIpc) is 2.90. The molecule has 1 aromatic heterocycles. The van der Waals surface area contributed by atoms with Crippen LogP contribution in [0.4, 0.5) is 5.95 Å². The number of rotatable bonds is 9. The fourth-order valence-corrected chi connectivity index (χ4v) is 2.52. The molecule has 1 unspecified atom stereocenters. The minimum absolute atomic E-state index is 0.0332. The van der Waals surface area contributed by atoms with Crippen LogP contribution in [0.15, 0.2) is 12.3 Å². The Bertz CT molecular complexity index is 510. The molecule has 8 nitrogen and oxygen atoms in total. The van der Waals surface area contributed by atoms with Crippen molar-refractivity contribution >= 4 is 11.9 Å². The quantitative estimate of drug-likeness (QED) is 0.607. The molecule has 1 atom stereocenters. The van der Waals surface area contributed by atoms with Crippen molar-refractivity contribution < 1.29 is 9.53 Å². The van der Waals surface area contributed by atoms with Crippen LogP contribution in [0.1, 0.15) is 12.8 Å². The van der Waals surface area contributed by atoms with Gasteiger partial charge in [-0.25, -0.2) is 4.98 Å². The maximum absolute atomic E-state index is 10.9. The first-order valence-electron chi connectivity index (χ1n) is 7.92. The van der Waals surface area contributed by atoms with Crippen LogP contribution in [-0.4, -0.2) is 78.6 Å². The van der Waals surface area contributed by atoms with Gasteiger partial charge in [-0.15, -0.1) is 0 Å². The summed E-state index contributed by atoms with van der Waals surface area (Å²) in [6.45, 7) is 3.62. The molecule has 3 N–H and O–H groups in total. The van der Waals surface area contributed by atoms with Crippen LogP contribution in [-0.2, 0) is 4.79 Å². The van der Waals surface area contributed by atoms with E-state index in [2.05, 4.69) is 20.2 Å². The number of primary amides is 1. The van der Waals surface area contributed by atoms with Gasteiger partial charge in [0, 0.05) is 31.9 Å². The lowest BCUT2D eigenvalue weighted by atomic mass is 10.3. The molecule has 2 rings (SSSR count). The first kappa shape index (κ1) is 17.4. The molecule has 1 aliphatic heterocycles. The molecule has 23 heavy (non-hydrogen) atoms. The number of aromatic nitrogens is 2. The summed E-state index contributed by atoms with van der Waals surface area (Å²) >= 11 is 0. The van der Waals surface area contributed by atoms with E-state index in [0.29, 0.717) is 18.4 Å². The third-order valence-corrected chi connectivity index (χ3v) is 3.59. The molecule has 0 aromatic carbocycles. The first-order chi connectivity index (χ1) is 11.0. The normalized spacial score (nSPS) is 18.3. The summed E-state index contributed by atoms with van der Waals surface area (Å²) in [5, 5.41) is 3.20. The number of carbonyl (C=O) groups excluding carboxylic acids is 1. The van der Waals surface area contributed by atoms with E-state index in [0.717, 1.165) is 32.5 Å². The van der Waals surface area contributed by atoms with E-state index in [1.54, 1.807) is 12.3 Å². The van der Waals surface area contributed by atoms with Gasteiger partial charge in [0.25, 0.3) is 0 Å². The van der Waals surface area contributed by atoms with Crippen molar-refractivity contribution in [3.05, 3.63) is 12.3 Å². The lowest BCUT2D eigenvalue weighted by molar-refractivity contribution is -0.118. The van der Waals surface area contributed by atoms with Crippen LogP contribution in [0.2, 0.25) is 0 Å². The second-order valence-electron chi connectivity index (χ2n) is 6.03. The SMILES string of the molecule is CN(C)CCCNc1nccc(OC2CCN(CC(N)=O)C2)n1. The van der Waals surface area contributed by atoms with Crippen LogP contribution >= 0.6 is 0 Å². The summed E-state index contributed by atoms with van der Waals surface area (Å²) in [4.78, 5) is 23.6. The van der Waals surface area contributed by atoms with E-state index in [1.807, 2.05) is 19.0 Å². The van der Waals surface area contributed by atoms with E-state index in [1.165, 1.54) is 0 Å². The van der Waals surface area contributed by atoms with E-state index in [4.69, 9.17) is 10.5 Å². The van der Waals surface area contributed by atoms with Crippen LogP contribution in [0.25, 0.3) is 0 Å². The highest BCUT2D eigenvalue weighted by atomic mass is 16.5. The Morgan fingerprint density at radius 1 is 1.57 bits per heavy atom. The second-order valence-corrected chi connectivity index (χ2v) is 6.03. The van der Waals surface area contributed by atoms with Crippen molar-refractivity contribution in [1.29, 1.82) is 0 Å². The van der Waals surface area contributed by atoms with Crippen molar-refractivity contribution in [3.8, 4) is 5.88 Å². The summed E-state index contributed by atoms with van der Waals surface area (Å²) in [6, 6.07) is 1.75. The molecule has 0 radical (unpaired) electrons. The van der Waals surface area contributed by atoms with Crippen LogP contribution in [0.3, 0.4) is 0 Å². The molecule has 2 heterocycles. The molecule has 128 valence electrons. The number of nitrogens with two attached hydrogens (primary N) is 1. The average molecular weight is 322 g/mol. The van der Waals surface area contributed by atoms with E-state index < -0.39 is 0 Å². The maximum Gasteiger partial charge on any atom is 0.231 e. The second kappa shape index (κ2) is 8.64. The van der Waals surface area contributed by atoms with Crippen LogP contribution in [0, 0.1) is 0 Å². The van der Waals surface area contributed by atoms with Crippen molar-refractivity contribution in [3.63, 3.8) is 0 Å². The molecule has 0 saturated carbocycles.